The van der Waals surface area contributed by atoms with E-state index >= 15 is 0 Å². The summed E-state index contributed by atoms with van der Waals surface area (Å²) in [4.78, 5) is 0.446. The number of nitrogens with one attached hydrogen (secondary N) is 1. The Morgan fingerprint density at radius 1 is 1.08 bits per heavy atom. The molecule has 0 amide bonds. The third kappa shape index (κ3) is 2.71. The third-order valence-electron chi connectivity index (χ3n) is 4.10. The molecule has 0 saturated carbocycles. The summed E-state index contributed by atoms with van der Waals surface area (Å²) in [6.45, 7) is 1.51. The van der Waals surface area contributed by atoms with Gasteiger partial charge in [0.05, 0.1) is 14.8 Å². The summed E-state index contributed by atoms with van der Waals surface area (Å²) >= 11 is 6.30. The molecule has 0 radical (unpaired) electrons. The van der Waals surface area contributed by atoms with Crippen LogP contribution in [0, 0.1) is 0 Å². The molecule has 0 spiro atoms. The normalized spacial score (nSPS) is 14.2. The summed E-state index contributed by atoms with van der Waals surface area (Å²) in [6, 6.07) is 11.5. The maximum atomic E-state index is 12.8. The van der Waals surface area contributed by atoms with Gasteiger partial charge in [-0.15, -0.1) is 12.4 Å². The molecule has 4 rings (SSSR count). The maximum Gasteiger partial charge on any atom is 0.206 e. The second-order valence-electron chi connectivity index (χ2n) is 5.53. The van der Waals surface area contributed by atoms with Crippen molar-refractivity contribution < 1.29 is 12.8 Å². The van der Waals surface area contributed by atoms with Crippen molar-refractivity contribution in [3.8, 4) is 0 Å². The van der Waals surface area contributed by atoms with E-state index < -0.39 is 9.84 Å². The van der Waals surface area contributed by atoms with Crippen LogP contribution in [0.1, 0.15) is 11.3 Å². The molecule has 0 unspecified atom stereocenters. The van der Waals surface area contributed by atoms with E-state index in [2.05, 4.69) is 5.32 Å². The van der Waals surface area contributed by atoms with Crippen molar-refractivity contribution in [1.29, 1.82) is 0 Å². The predicted octanol–water partition coefficient (Wildman–Crippen LogP) is 3.99. The van der Waals surface area contributed by atoms with Crippen molar-refractivity contribution in [2.75, 3.05) is 6.54 Å². The fourth-order valence-corrected chi connectivity index (χ4v) is 4.59. The Hall–Kier alpha value is -1.53. The number of sulfone groups is 1. The molecule has 0 bridgehead atoms. The molecule has 0 saturated heterocycles. The number of benzene rings is 2. The molecule has 24 heavy (non-hydrogen) atoms. The van der Waals surface area contributed by atoms with Crippen molar-refractivity contribution in [2.24, 2.45) is 0 Å². The van der Waals surface area contributed by atoms with Gasteiger partial charge in [0, 0.05) is 30.5 Å². The molecule has 2 heterocycles. The van der Waals surface area contributed by atoms with E-state index in [1.165, 1.54) is 6.07 Å². The molecule has 1 aromatic heterocycles. The monoisotopic (exact) mass is 383 g/mol. The Morgan fingerprint density at radius 3 is 2.58 bits per heavy atom. The first-order chi connectivity index (χ1) is 11.1. The van der Waals surface area contributed by atoms with Crippen LogP contribution in [0.5, 0.6) is 0 Å². The molecule has 0 atom stereocenters. The first-order valence-corrected chi connectivity index (χ1v) is 9.18. The Morgan fingerprint density at radius 2 is 1.83 bits per heavy atom. The van der Waals surface area contributed by atoms with Crippen LogP contribution in [0.15, 0.2) is 56.7 Å². The zero-order valence-electron chi connectivity index (χ0n) is 12.6. The van der Waals surface area contributed by atoms with Crippen molar-refractivity contribution in [3.05, 3.63) is 58.8 Å². The van der Waals surface area contributed by atoms with Crippen LogP contribution in [-0.2, 0) is 22.8 Å². The molecule has 7 heteroatoms. The van der Waals surface area contributed by atoms with Gasteiger partial charge in [0.1, 0.15) is 5.76 Å². The van der Waals surface area contributed by atoms with Gasteiger partial charge in [0.15, 0.2) is 5.58 Å². The SMILES string of the molecule is Cl.O=S(=O)(c1ccccc1)c1cc(Cl)c2oc3c(c2c1)CNCC3. The topological polar surface area (TPSA) is 59.3 Å². The van der Waals surface area contributed by atoms with Crippen LogP contribution in [0.4, 0.5) is 0 Å². The maximum absolute atomic E-state index is 12.8. The molecule has 1 aliphatic heterocycles. The van der Waals surface area contributed by atoms with E-state index in [0.717, 1.165) is 29.7 Å². The number of fused-ring (bicyclic) bond motifs is 3. The molecular formula is C17H15Cl2NO3S. The highest BCUT2D eigenvalue weighted by atomic mass is 35.5. The molecule has 0 fully saturated rings. The van der Waals surface area contributed by atoms with Gasteiger partial charge in [0.25, 0.3) is 0 Å². The van der Waals surface area contributed by atoms with Gasteiger partial charge in [-0.05, 0) is 24.3 Å². The van der Waals surface area contributed by atoms with Gasteiger partial charge < -0.3 is 9.73 Å². The first-order valence-electron chi connectivity index (χ1n) is 7.32. The second-order valence-corrected chi connectivity index (χ2v) is 7.89. The summed E-state index contributed by atoms with van der Waals surface area (Å²) in [7, 11) is -3.60. The predicted molar refractivity (Wildman–Crippen MR) is 95.8 cm³/mol. The molecule has 2 aromatic carbocycles. The van der Waals surface area contributed by atoms with Gasteiger partial charge in [-0.3, -0.25) is 0 Å². The molecule has 1 aliphatic rings. The number of rotatable bonds is 2. The first kappa shape index (κ1) is 17.3. The molecule has 4 nitrogen and oxygen atoms in total. The minimum atomic E-state index is -3.60. The smallest absolute Gasteiger partial charge is 0.206 e. The van der Waals surface area contributed by atoms with Crippen molar-refractivity contribution >= 4 is 44.8 Å². The fraction of sp³-hybridized carbons (Fsp3) is 0.176. The zero-order valence-corrected chi connectivity index (χ0v) is 15.0. The van der Waals surface area contributed by atoms with Crippen molar-refractivity contribution in [1.82, 2.24) is 5.32 Å². The molecule has 1 N–H and O–H groups in total. The van der Waals surface area contributed by atoms with E-state index in [1.54, 1.807) is 36.4 Å². The van der Waals surface area contributed by atoms with E-state index in [4.69, 9.17) is 16.0 Å². The quantitative estimate of drug-likeness (QED) is 0.726. The largest absolute Gasteiger partial charge is 0.459 e. The number of halogens is 2. The number of hydrogen-bond acceptors (Lipinski definition) is 4. The molecule has 0 aliphatic carbocycles. The minimum absolute atomic E-state index is 0. The van der Waals surface area contributed by atoms with Crippen LogP contribution in [0.25, 0.3) is 11.0 Å². The summed E-state index contributed by atoms with van der Waals surface area (Å²) < 4.78 is 31.5. The Labute approximate surface area is 151 Å². The Balaban J connectivity index is 0.00000169. The average molecular weight is 384 g/mol. The highest BCUT2D eigenvalue weighted by Gasteiger charge is 2.24. The van der Waals surface area contributed by atoms with Crippen LogP contribution >= 0.6 is 24.0 Å². The van der Waals surface area contributed by atoms with Gasteiger partial charge >= 0.3 is 0 Å². The van der Waals surface area contributed by atoms with E-state index in [0.29, 0.717) is 17.2 Å². The lowest BCUT2D eigenvalue weighted by atomic mass is 10.1. The van der Waals surface area contributed by atoms with Crippen LogP contribution in [-0.4, -0.2) is 15.0 Å². The lowest BCUT2D eigenvalue weighted by Crippen LogP contribution is -2.22. The summed E-state index contributed by atoms with van der Waals surface area (Å²) in [5, 5.41) is 4.37. The Kier molecular flexibility index (Phi) is 4.62. The summed E-state index contributed by atoms with van der Waals surface area (Å²) in [6.07, 6.45) is 0.779. The number of furan rings is 1. The summed E-state index contributed by atoms with van der Waals surface area (Å²) in [5.74, 6) is 0.884. The van der Waals surface area contributed by atoms with Crippen LogP contribution in [0.2, 0.25) is 5.02 Å². The van der Waals surface area contributed by atoms with Gasteiger partial charge in [0.2, 0.25) is 9.84 Å². The van der Waals surface area contributed by atoms with Gasteiger partial charge in [-0.1, -0.05) is 29.8 Å². The standard InChI is InChI=1S/C17H14ClNO3S.ClH/c18-15-9-12(23(20,21)11-4-2-1-3-5-11)8-13-14-10-19-7-6-16(14)22-17(13)15;/h1-5,8-9,19H,6-7,10H2;1H. The Bertz CT molecular complexity index is 998. The van der Waals surface area contributed by atoms with Crippen molar-refractivity contribution in [3.63, 3.8) is 0 Å². The van der Waals surface area contributed by atoms with Crippen LogP contribution < -0.4 is 5.32 Å². The second kappa shape index (κ2) is 6.41. The van der Waals surface area contributed by atoms with E-state index in [9.17, 15) is 8.42 Å². The van der Waals surface area contributed by atoms with Crippen LogP contribution in [0.3, 0.4) is 0 Å². The third-order valence-corrected chi connectivity index (χ3v) is 6.13. The number of hydrogen-bond donors (Lipinski definition) is 1. The molecular weight excluding hydrogens is 369 g/mol. The lowest BCUT2D eigenvalue weighted by Gasteiger charge is -2.11. The highest BCUT2D eigenvalue weighted by molar-refractivity contribution is 7.91. The molecule has 3 aromatic rings. The lowest BCUT2D eigenvalue weighted by molar-refractivity contribution is 0.500. The summed E-state index contributed by atoms with van der Waals surface area (Å²) in [5.41, 5.74) is 1.56. The fourth-order valence-electron chi connectivity index (χ4n) is 2.93. The van der Waals surface area contributed by atoms with Gasteiger partial charge in [-0.25, -0.2) is 8.42 Å². The van der Waals surface area contributed by atoms with E-state index in [-0.39, 0.29) is 22.2 Å². The average Bonchev–Trinajstić information content (AvgIpc) is 2.95. The van der Waals surface area contributed by atoms with Gasteiger partial charge in [-0.2, -0.15) is 0 Å². The highest BCUT2D eigenvalue weighted by Crippen LogP contribution is 2.36. The minimum Gasteiger partial charge on any atom is -0.459 e. The van der Waals surface area contributed by atoms with Crippen molar-refractivity contribution in [2.45, 2.75) is 22.8 Å². The zero-order chi connectivity index (χ0) is 16.0. The van der Waals surface area contributed by atoms with E-state index in [1.807, 2.05) is 0 Å². The molecule has 126 valence electrons.